The fraction of sp³-hybridized carbons (Fsp3) is 0.500. The first-order valence-corrected chi connectivity index (χ1v) is 8.46. The molecule has 21 heavy (non-hydrogen) atoms. The van der Waals surface area contributed by atoms with Gasteiger partial charge in [-0.15, -0.1) is 0 Å². The van der Waals surface area contributed by atoms with E-state index in [2.05, 4.69) is 4.72 Å². The molecule has 0 heterocycles. The molecule has 1 amide bonds. The Kier molecular flexibility index (Phi) is 6.77. The fourth-order valence-corrected chi connectivity index (χ4v) is 2.92. The van der Waals surface area contributed by atoms with Crippen molar-refractivity contribution < 1.29 is 17.6 Å². The molecule has 0 unspecified atom stereocenters. The quantitative estimate of drug-likeness (QED) is 0.790. The van der Waals surface area contributed by atoms with E-state index in [9.17, 15) is 17.6 Å². The first-order valence-electron chi connectivity index (χ1n) is 6.81. The molecule has 0 aliphatic carbocycles. The maximum Gasteiger partial charge on any atom is 0.219 e. The summed E-state index contributed by atoms with van der Waals surface area (Å²) in [6.45, 7) is 3.98. The Hall–Kier alpha value is -1.47. The highest BCUT2D eigenvalue weighted by Gasteiger charge is 2.12. The van der Waals surface area contributed by atoms with Crippen molar-refractivity contribution in [2.24, 2.45) is 0 Å². The summed E-state index contributed by atoms with van der Waals surface area (Å²) >= 11 is 0. The Balaban J connectivity index is 2.55. The number of benzene rings is 1. The topological polar surface area (TPSA) is 66.5 Å². The minimum absolute atomic E-state index is 0.0744. The summed E-state index contributed by atoms with van der Waals surface area (Å²) < 4.78 is 38.3. The zero-order valence-corrected chi connectivity index (χ0v) is 13.1. The van der Waals surface area contributed by atoms with E-state index in [1.54, 1.807) is 19.1 Å². The van der Waals surface area contributed by atoms with Crippen LogP contribution in [0.25, 0.3) is 0 Å². The second kappa shape index (κ2) is 8.09. The predicted molar refractivity (Wildman–Crippen MR) is 79.6 cm³/mol. The third kappa shape index (κ3) is 6.68. The van der Waals surface area contributed by atoms with Crippen LogP contribution in [0.5, 0.6) is 0 Å². The lowest BCUT2D eigenvalue weighted by molar-refractivity contribution is -0.129. The van der Waals surface area contributed by atoms with Gasteiger partial charge in [0.15, 0.2) is 0 Å². The van der Waals surface area contributed by atoms with Crippen LogP contribution in [0.3, 0.4) is 0 Å². The Labute approximate surface area is 125 Å². The van der Waals surface area contributed by atoms with Crippen LogP contribution in [0.1, 0.15) is 25.8 Å². The fourth-order valence-electron chi connectivity index (χ4n) is 1.84. The van der Waals surface area contributed by atoms with Crippen molar-refractivity contribution in [3.05, 3.63) is 35.6 Å². The third-order valence-electron chi connectivity index (χ3n) is 2.91. The van der Waals surface area contributed by atoms with Gasteiger partial charge in [-0.25, -0.2) is 17.5 Å². The van der Waals surface area contributed by atoms with Gasteiger partial charge in [0.1, 0.15) is 5.82 Å². The standard InChI is InChI=1S/C14H21FN2O3S/c1-3-10-21(19,20)16-8-9-17(12(2)18)11-13-4-6-14(15)7-5-13/h4-7,16H,3,8-11H2,1-2H3. The summed E-state index contributed by atoms with van der Waals surface area (Å²) in [5, 5.41) is 0. The molecule has 0 saturated heterocycles. The van der Waals surface area contributed by atoms with Crippen LogP contribution in [0.15, 0.2) is 24.3 Å². The smallest absolute Gasteiger partial charge is 0.219 e. The lowest BCUT2D eigenvalue weighted by Crippen LogP contribution is -2.37. The van der Waals surface area contributed by atoms with E-state index in [0.29, 0.717) is 13.0 Å². The molecule has 1 aromatic carbocycles. The zero-order chi connectivity index (χ0) is 15.9. The summed E-state index contributed by atoms with van der Waals surface area (Å²) in [4.78, 5) is 13.1. The van der Waals surface area contributed by atoms with Crippen molar-refractivity contribution in [1.82, 2.24) is 9.62 Å². The van der Waals surface area contributed by atoms with Gasteiger partial charge < -0.3 is 4.90 Å². The third-order valence-corrected chi connectivity index (χ3v) is 4.50. The molecule has 0 aliphatic heterocycles. The number of amides is 1. The Morgan fingerprint density at radius 2 is 1.90 bits per heavy atom. The minimum Gasteiger partial charge on any atom is -0.337 e. The van der Waals surface area contributed by atoms with Gasteiger partial charge in [0.25, 0.3) is 0 Å². The zero-order valence-electron chi connectivity index (χ0n) is 12.3. The van der Waals surface area contributed by atoms with Crippen LogP contribution >= 0.6 is 0 Å². The van der Waals surface area contributed by atoms with Gasteiger partial charge in [0.05, 0.1) is 5.75 Å². The molecule has 1 aromatic rings. The molecular weight excluding hydrogens is 295 g/mol. The predicted octanol–water partition coefficient (Wildman–Crippen LogP) is 1.50. The van der Waals surface area contributed by atoms with Crippen LogP contribution in [-0.2, 0) is 21.4 Å². The molecule has 0 spiro atoms. The van der Waals surface area contributed by atoms with Crippen molar-refractivity contribution in [1.29, 1.82) is 0 Å². The first kappa shape index (κ1) is 17.6. The van der Waals surface area contributed by atoms with Crippen molar-refractivity contribution >= 4 is 15.9 Å². The highest BCUT2D eigenvalue weighted by molar-refractivity contribution is 7.89. The van der Waals surface area contributed by atoms with Crippen LogP contribution in [0, 0.1) is 5.82 Å². The molecule has 1 N–H and O–H groups in total. The van der Waals surface area contributed by atoms with Crippen molar-refractivity contribution in [2.75, 3.05) is 18.8 Å². The van der Waals surface area contributed by atoms with Crippen LogP contribution < -0.4 is 4.72 Å². The number of rotatable bonds is 8. The maximum absolute atomic E-state index is 12.8. The van der Waals surface area contributed by atoms with E-state index in [0.717, 1.165) is 5.56 Å². The lowest BCUT2D eigenvalue weighted by Gasteiger charge is -2.21. The second-order valence-corrected chi connectivity index (χ2v) is 6.71. The molecular formula is C14H21FN2O3S. The number of carbonyl (C=O) groups is 1. The number of hydrogen-bond donors (Lipinski definition) is 1. The molecule has 0 fully saturated rings. The van der Waals surface area contributed by atoms with Gasteiger partial charge in [-0.2, -0.15) is 0 Å². The van der Waals surface area contributed by atoms with E-state index in [-0.39, 0.29) is 30.6 Å². The van der Waals surface area contributed by atoms with Crippen molar-refractivity contribution in [2.45, 2.75) is 26.8 Å². The normalized spacial score (nSPS) is 11.4. The number of halogens is 1. The molecule has 0 aliphatic rings. The molecule has 5 nitrogen and oxygen atoms in total. The van der Waals surface area contributed by atoms with Gasteiger partial charge in [-0.1, -0.05) is 19.1 Å². The molecule has 0 atom stereocenters. The highest BCUT2D eigenvalue weighted by atomic mass is 32.2. The summed E-state index contributed by atoms with van der Waals surface area (Å²) in [6, 6.07) is 5.87. The van der Waals surface area contributed by atoms with Crippen LogP contribution in [0.2, 0.25) is 0 Å². The molecule has 0 bridgehead atoms. The second-order valence-electron chi connectivity index (χ2n) is 4.78. The van der Waals surface area contributed by atoms with Crippen molar-refractivity contribution in [3.8, 4) is 0 Å². The van der Waals surface area contributed by atoms with Crippen LogP contribution in [-0.4, -0.2) is 38.1 Å². The van der Waals surface area contributed by atoms with E-state index >= 15 is 0 Å². The average molecular weight is 316 g/mol. The van der Waals surface area contributed by atoms with E-state index in [1.807, 2.05) is 0 Å². The van der Waals surface area contributed by atoms with Gasteiger partial charge in [-0.3, -0.25) is 4.79 Å². The number of hydrogen-bond acceptors (Lipinski definition) is 3. The summed E-state index contributed by atoms with van der Waals surface area (Å²) in [7, 11) is -3.27. The SMILES string of the molecule is CCCS(=O)(=O)NCCN(Cc1ccc(F)cc1)C(C)=O. The maximum atomic E-state index is 12.8. The Morgan fingerprint density at radius 3 is 2.43 bits per heavy atom. The number of carbonyl (C=O) groups excluding carboxylic acids is 1. The first-order chi connectivity index (χ1) is 9.84. The van der Waals surface area contributed by atoms with Gasteiger partial charge in [-0.05, 0) is 24.1 Å². The van der Waals surface area contributed by atoms with E-state index < -0.39 is 10.0 Å². The van der Waals surface area contributed by atoms with Crippen LogP contribution in [0.4, 0.5) is 4.39 Å². The average Bonchev–Trinajstić information content (AvgIpc) is 2.39. The minimum atomic E-state index is -3.27. The molecule has 0 aromatic heterocycles. The molecule has 7 heteroatoms. The highest BCUT2D eigenvalue weighted by Crippen LogP contribution is 2.06. The monoisotopic (exact) mass is 316 g/mol. The van der Waals surface area contributed by atoms with Gasteiger partial charge >= 0.3 is 0 Å². The number of nitrogens with one attached hydrogen (secondary N) is 1. The summed E-state index contributed by atoms with van der Waals surface area (Å²) in [5.41, 5.74) is 0.794. The Morgan fingerprint density at radius 1 is 1.29 bits per heavy atom. The summed E-state index contributed by atoms with van der Waals surface area (Å²) in [5.74, 6) is -0.417. The molecule has 0 saturated carbocycles. The van der Waals surface area contributed by atoms with E-state index in [4.69, 9.17) is 0 Å². The lowest BCUT2D eigenvalue weighted by atomic mass is 10.2. The number of nitrogens with zero attached hydrogens (tertiary/aromatic N) is 1. The van der Waals surface area contributed by atoms with Crippen molar-refractivity contribution in [3.63, 3.8) is 0 Å². The van der Waals surface area contributed by atoms with Gasteiger partial charge in [0.2, 0.25) is 15.9 Å². The Bertz CT molecular complexity index is 558. The number of sulfonamides is 1. The largest absolute Gasteiger partial charge is 0.337 e. The molecule has 1 rings (SSSR count). The molecule has 0 radical (unpaired) electrons. The van der Waals surface area contributed by atoms with Gasteiger partial charge in [0, 0.05) is 26.6 Å². The van der Waals surface area contributed by atoms with E-state index in [1.165, 1.54) is 24.0 Å². The summed E-state index contributed by atoms with van der Waals surface area (Å²) in [6.07, 6.45) is 0.543. The molecule has 118 valence electrons.